The van der Waals surface area contributed by atoms with Gasteiger partial charge in [0, 0.05) is 32.7 Å². The summed E-state index contributed by atoms with van der Waals surface area (Å²) in [7, 11) is 0. The van der Waals surface area contributed by atoms with Crippen molar-refractivity contribution in [1.29, 1.82) is 0 Å². The molecule has 0 aliphatic carbocycles. The van der Waals surface area contributed by atoms with E-state index in [-0.39, 0.29) is 32.7 Å². The Morgan fingerprint density at radius 3 is 1.71 bits per heavy atom. The Kier molecular flexibility index (Phi) is 5.45. The first-order valence-electron chi connectivity index (χ1n) is 1.72. The molecule has 0 rings (SSSR count). The molecule has 37 valence electrons. The van der Waals surface area contributed by atoms with Crippen LogP contribution in [0.25, 0.3) is 0 Å². The molecule has 1 radical (unpaired) electrons. The van der Waals surface area contributed by atoms with E-state index in [1.54, 1.807) is 0 Å². The minimum absolute atomic E-state index is 0. The molecule has 0 bridgehead atoms. The van der Waals surface area contributed by atoms with Crippen LogP contribution in [0.2, 0.25) is 0 Å². The van der Waals surface area contributed by atoms with E-state index in [9.17, 15) is 0 Å². The van der Waals surface area contributed by atoms with E-state index >= 15 is 0 Å². The van der Waals surface area contributed by atoms with Crippen molar-refractivity contribution < 1.29 is 37.8 Å². The molecule has 0 unspecified atom stereocenters. The standard InChI is InChI=1S/C5H7O.Y/c1-4-5(2,3)6;/h6H,2-3H3;/q-1;. The second kappa shape index (κ2) is 3.60. The van der Waals surface area contributed by atoms with Crippen LogP contribution in [0.3, 0.4) is 0 Å². The smallest absolute Gasteiger partial charge is 0.0815 e. The second-order valence-corrected chi connectivity index (χ2v) is 1.68. The third-order valence-electron chi connectivity index (χ3n) is 0.306. The van der Waals surface area contributed by atoms with Crippen molar-refractivity contribution in [2.24, 2.45) is 0 Å². The summed E-state index contributed by atoms with van der Waals surface area (Å²) >= 11 is 0. The van der Waals surface area contributed by atoms with Crippen molar-refractivity contribution in [3.8, 4) is 5.92 Å². The SMILES string of the molecule is [C-]#CC(C)(C)O.[Y]. The molecule has 0 aromatic heterocycles. The summed E-state index contributed by atoms with van der Waals surface area (Å²) < 4.78 is 0. The Morgan fingerprint density at radius 2 is 1.71 bits per heavy atom. The topological polar surface area (TPSA) is 20.2 Å². The summed E-state index contributed by atoms with van der Waals surface area (Å²) in [4.78, 5) is 0. The summed E-state index contributed by atoms with van der Waals surface area (Å²) in [5, 5.41) is 8.53. The van der Waals surface area contributed by atoms with Gasteiger partial charge in [-0.3, -0.25) is 0 Å². The third-order valence-corrected chi connectivity index (χ3v) is 0.306. The van der Waals surface area contributed by atoms with Crippen LogP contribution >= 0.6 is 0 Å². The van der Waals surface area contributed by atoms with Gasteiger partial charge in [-0.2, -0.15) is 0 Å². The van der Waals surface area contributed by atoms with Gasteiger partial charge in [-0.1, -0.05) is 0 Å². The predicted molar refractivity (Wildman–Crippen MR) is 23.4 cm³/mol. The Labute approximate surface area is 69.4 Å². The Bertz CT molecular complexity index is 75.1. The van der Waals surface area contributed by atoms with Crippen LogP contribution in [-0.4, -0.2) is 10.7 Å². The zero-order chi connectivity index (χ0) is 5.21. The third kappa shape index (κ3) is 10.8. The van der Waals surface area contributed by atoms with Crippen molar-refractivity contribution in [3.05, 3.63) is 6.42 Å². The minimum atomic E-state index is -1.04. The van der Waals surface area contributed by atoms with E-state index in [4.69, 9.17) is 11.5 Å². The van der Waals surface area contributed by atoms with Gasteiger partial charge in [-0.25, -0.2) is 0 Å². The molecule has 0 aromatic rings. The van der Waals surface area contributed by atoms with Gasteiger partial charge in [0.1, 0.15) is 0 Å². The number of hydrogen-bond acceptors (Lipinski definition) is 1. The molecule has 0 saturated carbocycles. The van der Waals surface area contributed by atoms with Crippen LogP contribution in [0.15, 0.2) is 0 Å². The fourth-order valence-electron chi connectivity index (χ4n) is 0. The summed E-state index contributed by atoms with van der Waals surface area (Å²) in [6.45, 7) is 3.00. The molecule has 0 heterocycles. The van der Waals surface area contributed by atoms with Crippen molar-refractivity contribution in [1.82, 2.24) is 0 Å². The maximum absolute atomic E-state index is 8.53. The minimum Gasteiger partial charge on any atom is -0.691 e. The van der Waals surface area contributed by atoms with Gasteiger partial charge >= 0.3 is 0 Å². The molecule has 7 heavy (non-hydrogen) atoms. The van der Waals surface area contributed by atoms with Crippen molar-refractivity contribution in [2.75, 3.05) is 0 Å². The maximum atomic E-state index is 8.53. The molecule has 0 fully saturated rings. The first-order valence-corrected chi connectivity index (χ1v) is 1.72. The zero-order valence-corrected chi connectivity index (χ0v) is 7.36. The first kappa shape index (κ1) is 10.6. The van der Waals surface area contributed by atoms with Crippen LogP contribution in [-0.2, 0) is 32.7 Å². The zero-order valence-electron chi connectivity index (χ0n) is 4.52. The van der Waals surface area contributed by atoms with Crippen LogP contribution in [0, 0.1) is 12.3 Å². The van der Waals surface area contributed by atoms with Crippen LogP contribution < -0.4 is 0 Å². The first-order chi connectivity index (χ1) is 2.56. The van der Waals surface area contributed by atoms with Crippen molar-refractivity contribution >= 4 is 0 Å². The van der Waals surface area contributed by atoms with E-state index in [1.807, 2.05) is 5.92 Å². The summed E-state index contributed by atoms with van der Waals surface area (Å²) in [6, 6.07) is 0. The van der Waals surface area contributed by atoms with E-state index < -0.39 is 5.60 Å². The Balaban J connectivity index is 0. The molecule has 0 amide bonds. The van der Waals surface area contributed by atoms with Crippen LogP contribution in [0.4, 0.5) is 0 Å². The molecular formula is C5H7OY-. The largest absolute Gasteiger partial charge is 0.691 e. The Hall–Kier alpha value is 0.624. The summed E-state index contributed by atoms with van der Waals surface area (Å²) in [5.74, 6) is 1.91. The molecule has 0 aromatic carbocycles. The Morgan fingerprint density at radius 1 is 1.57 bits per heavy atom. The summed E-state index contributed by atoms with van der Waals surface area (Å²) in [5.41, 5.74) is -1.04. The average molecular weight is 172 g/mol. The van der Waals surface area contributed by atoms with Gasteiger partial charge in [-0.15, -0.1) is 0 Å². The van der Waals surface area contributed by atoms with Crippen LogP contribution in [0.1, 0.15) is 13.8 Å². The van der Waals surface area contributed by atoms with Crippen molar-refractivity contribution in [2.45, 2.75) is 19.4 Å². The fourth-order valence-corrected chi connectivity index (χ4v) is 0. The molecular weight excluding hydrogens is 165 g/mol. The van der Waals surface area contributed by atoms with E-state index in [0.29, 0.717) is 0 Å². The fraction of sp³-hybridized carbons (Fsp3) is 0.600. The van der Waals surface area contributed by atoms with E-state index in [0.717, 1.165) is 0 Å². The van der Waals surface area contributed by atoms with Gasteiger partial charge < -0.3 is 17.5 Å². The second-order valence-electron chi connectivity index (χ2n) is 1.68. The van der Waals surface area contributed by atoms with Gasteiger partial charge in [-0.05, 0) is 13.8 Å². The molecule has 1 N–H and O–H groups in total. The molecule has 0 aliphatic rings. The normalized spacial score (nSPS) is 8.86. The quantitative estimate of drug-likeness (QED) is 0.412. The van der Waals surface area contributed by atoms with Gasteiger partial charge in [0.25, 0.3) is 0 Å². The maximum Gasteiger partial charge on any atom is 0.0815 e. The number of rotatable bonds is 0. The molecule has 2 heteroatoms. The summed E-state index contributed by atoms with van der Waals surface area (Å²) in [6.07, 6.45) is 6.35. The molecule has 0 saturated heterocycles. The average Bonchev–Trinajstić information content (AvgIpc) is 1.35. The van der Waals surface area contributed by atoms with Crippen molar-refractivity contribution in [3.63, 3.8) is 0 Å². The van der Waals surface area contributed by atoms with Gasteiger partial charge in [0.2, 0.25) is 0 Å². The molecule has 0 aliphatic heterocycles. The predicted octanol–water partition coefficient (Wildman–Crippen LogP) is 0.345. The molecule has 0 atom stereocenters. The number of aliphatic hydroxyl groups is 1. The molecule has 0 spiro atoms. The van der Waals surface area contributed by atoms with E-state index in [1.165, 1.54) is 13.8 Å². The van der Waals surface area contributed by atoms with Gasteiger partial charge in [0.15, 0.2) is 0 Å². The van der Waals surface area contributed by atoms with Gasteiger partial charge in [0.05, 0.1) is 5.60 Å². The molecule has 1 nitrogen and oxygen atoms in total. The van der Waals surface area contributed by atoms with E-state index in [2.05, 4.69) is 0 Å². The monoisotopic (exact) mass is 172 g/mol. The number of hydrogen-bond donors (Lipinski definition) is 1. The van der Waals surface area contributed by atoms with Crippen LogP contribution in [0.5, 0.6) is 0 Å².